The fourth-order valence-corrected chi connectivity index (χ4v) is 3.58. The molecule has 1 aliphatic rings. The summed E-state index contributed by atoms with van der Waals surface area (Å²) in [6, 6.07) is 9.67. The first kappa shape index (κ1) is 22.9. The largest absolute Gasteiger partial charge is 0.339 e. The van der Waals surface area contributed by atoms with Crippen LogP contribution in [0.3, 0.4) is 0 Å². The number of hydrogen-bond acceptors (Lipinski definition) is 5. The molecule has 3 rings (SSSR count). The highest BCUT2D eigenvalue weighted by Crippen LogP contribution is 2.30. The van der Waals surface area contributed by atoms with Crippen LogP contribution in [0.5, 0.6) is 0 Å². The molecule has 0 spiro atoms. The standard InChI is InChI=1S/C22H23FN4O5/c1-3-25(4-2)22(30)14-5-7-16(8-6-14)24-21(29)15-11-20(28)26(13-15)17-9-10-18(23)19(12-17)27(31)32/h5-10,12,15H,3-4,11,13H2,1-2H3,(H,24,29). The lowest BCUT2D eigenvalue weighted by molar-refractivity contribution is -0.387. The van der Waals surface area contributed by atoms with E-state index in [0.29, 0.717) is 24.3 Å². The van der Waals surface area contributed by atoms with E-state index in [-0.39, 0.29) is 36.4 Å². The first-order valence-corrected chi connectivity index (χ1v) is 10.2. The van der Waals surface area contributed by atoms with Crippen LogP contribution in [0.4, 0.5) is 21.5 Å². The van der Waals surface area contributed by atoms with E-state index in [1.165, 1.54) is 11.0 Å². The molecule has 10 heteroatoms. The maximum Gasteiger partial charge on any atom is 0.306 e. The van der Waals surface area contributed by atoms with E-state index in [0.717, 1.165) is 12.1 Å². The fourth-order valence-electron chi connectivity index (χ4n) is 3.58. The average molecular weight is 442 g/mol. The topological polar surface area (TPSA) is 113 Å². The van der Waals surface area contributed by atoms with Gasteiger partial charge < -0.3 is 15.1 Å². The van der Waals surface area contributed by atoms with Crippen LogP contribution >= 0.6 is 0 Å². The molecule has 168 valence electrons. The van der Waals surface area contributed by atoms with Crippen LogP contribution in [0, 0.1) is 21.8 Å². The number of amides is 3. The molecule has 1 heterocycles. The number of carbonyl (C=O) groups is 3. The van der Waals surface area contributed by atoms with Gasteiger partial charge >= 0.3 is 5.69 Å². The Labute approximate surface area is 184 Å². The molecule has 3 amide bonds. The molecule has 1 aliphatic heterocycles. The van der Waals surface area contributed by atoms with E-state index in [9.17, 15) is 28.9 Å². The Hall–Kier alpha value is -3.82. The van der Waals surface area contributed by atoms with Crippen molar-refractivity contribution in [2.45, 2.75) is 20.3 Å². The van der Waals surface area contributed by atoms with Crippen molar-refractivity contribution in [2.75, 3.05) is 29.9 Å². The highest BCUT2D eigenvalue weighted by Gasteiger charge is 2.36. The quantitative estimate of drug-likeness (QED) is 0.523. The highest BCUT2D eigenvalue weighted by atomic mass is 19.1. The lowest BCUT2D eigenvalue weighted by Gasteiger charge is -2.19. The van der Waals surface area contributed by atoms with E-state index in [1.54, 1.807) is 29.2 Å². The minimum atomic E-state index is -0.998. The summed E-state index contributed by atoms with van der Waals surface area (Å²) < 4.78 is 13.6. The molecular weight excluding hydrogens is 419 g/mol. The minimum absolute atomic E-state index is 0.0198. The third-order valence-corrected chi connectivity index (χ3v) is 5.38. The van der Waals surface area contributed by atoms with Crippen LogP contribution in [0.1, 0.15) is 30.6 Å². The second-order valence-corrected chi connectivity index (χ2v) is 7.34. The van der Waals surface area contributed by atoms with Crippen LogP contribution in [0.2, 0.25) is 0 Å². The van der Waals surface area contributed by atoms with Crippen LogP contribution in [0.15, 0.2) is 42.5 Å². The summed E-state index contributed by atoms with van der Waals surface area (Å²) in [7, 11) is 0. The Morgan fingerprint density at radius 2 is 1.84 bits per heavy atom. The second kappa shape index (κ2) is 9.54. The van der Waals surface area contributed by atoms with Crippen LogP contribution in [-0.4, -0.2) is 47.2 Å². The number of nitrogens with one attached hydrogen (secondary N) is 1. The smallest absolute Gasteiger partial charge is 0.306 e. The summed E-state index contributed by atoms with van der Waals surface area (Å²) in [6.07, 6.45) is -0.0739. The lowest BCUT2D eigenvalue weighted by Crippen LogP contribution is -2.30. The fraction of sp³-hybridized carbons (Fsp3) is 0.318. The zero-order chi connectivity index (χ0) is 23.4. The van der Waals surface area contributed by atoms with Crippen LogP contribution in [-0.2, 0) is 9.59 Å². The molecule has 1 saturated heterocycles. The molecule has 1 fully saturated rings. The normalized spacial score (nSPS) is 15.5. The van der Waals surface area contributed by atoms with E-state index in [4.69, 9.17) is 0 Å². The third kappa shape index (κ3) is 4.74. The van der Waals surface area contributed by atoms with Gasteiger partial charge in [-0.3, -0.25) is 24.5 Å². The van der Waals surface area contributed by atoms with Gasteiger partial charge in [-0.25, -0.2) is 0 Å². The number of hydrogen-bond donors (Lipinski definition) is 1. The van der Waals surface area contributed by atoms with Crippen molar-refractivity contribution in [1.29, 1.82) is 0 Å². The Balaban J connectivity index is 1.67. The monoisotopic (exact) mass is 442 g/mol. The Kier molecular flexibility index (Phi) is 6.82. The van der Waals surface area contributed by atoms with E-state index in [2.05, 4.69) is 5.32 Å². The van der Waals surface area contributed by atoms with Crippen LogP contribution in [0.25, 0.3) is 0 Å². The van der Waals surface area contributed by atoms with Crippen molar-refractivity contribution < 1.29 is 23.7 Å². The molecule has 0 radical (unpaired) electrons. The average Bonchev–Trinajstić information content (AvgIpc) is 3.17. The van der Waals surface area contributed by atoms with Crippen molar-refractivity contribution >= 4 is 34.8 Å². The SMILES string of the molecule is CCN(CC)C(=O)c1ccc(NC(=O)C2CC(=O)N(c3ccc(F)c([N+](=O)[O-])c3)C2)cc1. The predicted molar refractivity (Wildman–Crippen MR) is 116 cm³/mol. The Morgan fingerprint density at radius 1 is 1.19 bits per heavy atom. The number of anilines is 2. The van der Waals surface area contributed by atoms with Gasteiger partial charge in [0.1, 0.15) is 0 Å². The highest BCUT2D eigenvalue weighted by molar-refractivity contribution is 6.04. The van der Waals surface area contributed by atoms with Gasteiger partial charge in [-0.15, -0.1) is 0 Å². The molecule has 1 atom stereocenters. The third-order valence-electron chi connectivity index (χ3n) is 5.38. The molecule has 1 N–H and O–H groups in total. The predicted octanol–water partition coefficient (Wildman–Crippen LogP) is 3.21. The summed E-state index contributed by atoms with van der Waals surface area (Å²) in [6.45, 7) is 5.00. The molecule has 0 bridgehead atoms. The lowest BCUT2D eigenvalue weighted by atomic mass is 10.1. The van der Waals surface area contributed by atoms with E-state index >= 15 is 0 Å². The van der Waals surface area contributed by atoms with Crippen molar-refractivity contribution in [1.82, 2.24) is 4.90 Å². The first-order valence-electron chi connectivity index (χ1n) is 10.2. The van der Waals surface area contributed by atoms with Gasteiger partial charge in [-0.2, -0.15) is 4.39 Å². The van der Waals surface area contributed by atoms with Gasteiger partial charge in [0, 0.05) is 43.4 Å². The molecule has 0 saturated carbocycles. The van der Waals surface area contributed by atoms with Gasteiger partial charge in [0.15, 0.2) is 0 Å². The molecule has 1 unspecified atom stereocenters. The zero-order valence-electron chi connectivity index (χ0n) is 17.7. The molecule has 32 heavy (non-hydrogen) atoms. The molecule has 9 nitrogen and oxygen atoms in total. The maximum atomic E-state index is 13.6. The van der Waals surface area contributed by atoms with E-state index in [1.807, 2.05) is 13.8 Å². The number of benzene rings is 2. The van der Waals surface area contributed by atoms with Crippen molar-refractivity contribution in [3.63, 3.8) is 0 Å². The number of nitro benzene ring substituents is 1. The maximum absolute atomic E-state index is 13.6. The molecule has 0 aromatic heterocycles. The van der Waals surface area contributed by atoms with Crippen LogP contribution < -0.4 is 10.2 Å². The van der Waals surface area contributed by atoms with Gasteiger partial charge in [0.05, 0.1) is 16.5 Å². The molecule has 0 aliphatic carbocycles. The number of nitro groups is 1. The summed E-state index contributed by atoms with van der Waals surface area (Å²) in [5.74, 6) is -2.55. The Morgan fingerprint density at radius 3 is 2.44 bits per heavy atom. The van der Waals surface area contributed by atoms with Gasteiger partial charge in [0.2, 0.25) is 17.6 Å². The molecular formula is C22H23FN4O5. The number of rotatable bonds is 7. The molecule has 2 aromatic rings. The minimum Gasteiger partial charge on any atom is -0.339 e. The van der Waals surface area contributed by atoms with Crippen molar-refractivity contribution in [3.05, 3.63) is 64.0 Å². The first-order chi connectivity index (χ1) is 15.2. The van der Waals surface area contributed by atoms with Crippen molar-refractivity contribution in [2.24, 2.45) is 5.92 Å². The second-order valence-electron chi connectivity index (χ2n) is 7.34. The van der Waals surface area contributed by atoms with Crippen molar-refractivity contribution in [3.8, 4) is 0 Å². The zero-order valence-corrected chi connectivity index (χ0v) is 17.7. The number of carbonyl (C=O) groups excluding carboxylic acids is 3. The Bertz CT molecular complexity index is 1050. The number of halogens is 1. The van der Waals surface area contributed by atoms with Gasteiger partial charge in [-0.05, 0) is 50.2 Å². The van der Waals surface area contributed by atoms with Gasteiger partial charge in [-0.1, -0.05) is 0 Å². The number of nitrogens with zero attached hydrogens (tertiary/aromatic N) is 3. The summed E-state index contributed by atoms with van der Waals surface area (Å²) in [5, 5.41) is 13.7. The summed E-state index contributed by atoms with van der Waals surface area (Å²) in [4.78, 5) is 50.4. The summed E-state index contributed by atoms with van der Waals surface area (Å²) >= 11 is 0. The van der Waals surface area contributed by atoms with Gasteiger partial charge in [0.25, 0.3) is 5.91 Å². The summed E-state index contributed by atoms with van der Waals surface area (Å²) in [5.41, 5.74) is 0.418. The molecule has 2 aromatic carbocycles. The van der Waals surface area contributed by atoms with E-state index < -0.39 is 22.3 Å².